The number of hydrazone groups is 1. The molecule has 2 aromatic carbocycles. The molecule has 3 rings (SSSR count). The van der Waals surface area contributed by atoms with E-state index in [1.165, 1.54) is 16.4 Å². The van der Waals surface area contributed by atoms with Crippen molar-refractivity contribution in [3.05, 3.63) is 58.1 Å². The average molecular weight is 476 g/mol. The molecule has 1 saturated heterocycles. The molecule has 10 nitrogen and oxygen atoms in total. The Balaban J connectivity index is 1.87. The third-order valence-electron chi connectivity index (χ3n) is 5.50. The minimum Gasteiger partial charge on any atom is -0.378 e. The zero-order chi connectivity index (χ0) is 24.0. The Bertz CT molecular complexity index is 1110. The number of ether oxygens (including phenoxy) is 1. The molecule has 0 saturated carbocycles. The fourth-order valence-electron chi connectivity index (χ4n) is 3.58. The molecule has 11 heteroatoms. The number of anilines is 2. The molecule has 0 radical (unpaired) electrons. The lowest BCUT2D eigenvalue weighted by Gasteiger charge is -2.28. The number of nitrogens with zero attached hydrogens (tertiary/aromatic N) is 4. The first kappa shape index (κ1) is 24.6. The monoisotopic (exact) mass is 475 g/mol. The molecule has 0 unspecified atom stereocenters. The van der Waals surface area contributed by atoms with Crippen molar-refractivity contribution in [2.75, 3.05) is 49.7 Å². The van der Waals surface area contributed by atoms with Crippen LogP contribution in [0.5, 0.6) is 0 Å². The first-order valence-electron chi connectivity index (χ1n) is 10.8. The molecule has 0 spiro atoms. The van der Waals surface area contributed by atoms with Crippen molar-refractivity contribution in [2.45, 2.75) is 25.7 Å². The highest BCUT2D eigenvalue weighted by Crippen LogP contribution is 2.29. The van der Waals surface area contributed by atoms with Gasteiger partial charge in [0.1, 0.15) is 4.90 Å². The molecule has 178 valence electrons. The van der Waals surface area contributed by atoms with E-state index in [9.17, 15) is 18.5 Å². The van der Waals surface area contributed by atoms with Crippen molar-refractivity contribution < 1.29 is 18.1 Å². The lowest BCUT2D eigenvalue weighted by atomic mass is 10.1. The molecule has 0 aliphatic carbocycles. The number of sulfonamides is 1. The van der Waals surface area contributed by atoms with E-state index >= 15 is 0 Å². The van der Waals surface area contributed by atoms with Gasteiger partial charge in [0.25, 0.3) is 5.69 Å². The maximum atomic E-state index is 13.1. The van der Waals surface area contributed by atoms with Crippen LogP contribution < -0.4 is 10.3 Å². The SMILES string of the molecule is CCN(CC)S(=O)(=O)c1cc([N+](=O)[O-])ccc1NN=C(C)c1ccc(N2CCOCC2)cc1. The van der Waals surface area contributed by atoms with Crippen molar-refractivity contribution in [1.29, 1.82) is 0 Å². The van der Waals surface area contributed by atoms with Crippen LogP contribution in [0.4, 0.5) is 17.1 Å². The third-order valence-corrected chi connectivity index (χ3v) is 7.59. The van der Waals surface area contributed by atoms with Crippen molar-refractivity contribution >= 4 is 32.8 Å². The summed E-state index contributed by atoms with van der Waals surface area (Å²) in [6.45, 7) is 8.84. The molecule has 1 heterocycles. The van der Waals surface area contributed by atoms with Crippen LogP contribution in [0.1, 0.15) is 26.3 Å². The van der Waals surface area contributed by atoms with Gasteiger partial charge in [0.05, 0.1) is 29.5 Å². The lowest BCUT2D eigenvalue weighted by molar-refractivity contribution is -0.385. The van der Waals surface area contributed by atoms with Gasteiger partial charge in [-0.05, 0) is 30.7 Å². The quantitative estimate of drug-likeness (QED) is 0.336. The number of morpholine rings is 1. The molecular weight excluding hydrogens is 446 g/mol. The van der Waals surface area contributed by atoms with Crippen molar-refractivity contribution in [1.82, 2.24) is 4.31 Å². The van der Waals surface area contributed by atoms with Gasteiger partial charge in [-0.3, -0.25) is 15.5 Å². The highest BCUT2D eigenvalue weighted by molar-refractivity contribution is 7.89. The number of nitrogens with one attached hydrogen (secondary N) is 1. The average Bonchev–Trinajstić information content (AvgIpc) is 2.83. The first-order valence-corrected chi connectivity index (χ1v) is 12.2. The van der Waals surface area contributed by atoms with Gasteiger partial charge in [-0.25, -0.2) is 8.42 Å². The molecule has 0 aromatic heterocycles. The molecular formula is C22H29N5O5S. The smallest absolute Gasteiger partial charge is 0.270 e. The van der Waals surface area contributed by atoms with E-state index in [1.54, 1.807) is 20.8 Å². The number of nitro benzene ring substituents is 1. The second-order valence-corrected chi connectivity index (χ2v) is 9.39. The molecule has 0 amide bonds. The molecule has 0 atom stereocenters. The van der Waals surface area contributed by atoms with Crippen LogP contribution >= 0.6 is 0 Å². The summed E-state index contributed by atoms with van der Waals surface area (Å²) in [4.78, 5) is 12.7. The summed E-state index contributed by atoms with van der Waals surface area (Å²) in [7, 11) is -3.94. The van der Waals surface area contributed by atoms with Crippen LogP contribution in [0.3, 0.4) is 0 Å². The minimum atomic E-state index is -3.94. The summed E-state index contributed by atoms with van der Waals surface area (Å²) < 4.78 is 32.8. The first-order chi connectivity index (χ1) is 15.8. The Labute approximate surface area is 194 Å². The van der Waals surface area contributed by atoms with Crippen LogP contribution in [0.25, 0.3) is 0 Å². The maximum Gasteiger partial charge on any atom is 0.270 e. The van der Waals surface area contributed by atoms with Gasteiger partial charge in [0, 0.05) is 44.0 Å². The predicted octanol–water partition coefficient (Wildman–Crippen LogP) is 3.30. The largest absolute Gasteiger partial charge is 0.378 e. The Morgan fingerprint density at radius 2 is 1.79 bits per heavy atom. The van der Waals surface area contributed by atoms with Crippen LogP contribution in [-0.4, -0.2) is 62.8 Å². The van der Waals surface area contributed by atoms with E-state index in [2.05, 4.69) is 15.4 Å². The number of rotatable bonds is 9. The number of non-ortho nitro benzene ring substituents is 1. The van der Waals surface area contributed by atoms with E-state index < -0.39 is 14.9 Å². The molecule has 0 bridgehead atoms. The standard InChI is InChI=1S/C22H29N5O5S/c1-4-26(5-2)33(30,31)22-16-20(27(28)29)10-11-21(22)24-23-17(3)18-6-8-19(9-7-18)25-12-14-32-15-13-25/h6-11,16,24H,4-5,12-15H2,1-3H3. The van der Waals surface area contributed by atoms with E-state index in [0.717, 1.165) is 30.4 Å². The Hall–Kier alpha value is -3.02. The molecule has 1 aliphatic heterocycles. The second kappa shape index (κ2) is 10.7. The Morgan fingerprint density at radius 3 is 2.36 bits per heavy atom. The van der Waals surface area contributed by atoms with Crippen molar-refractivity contribution in [2.24, 2.45) is 5.10 Å². The number of hydrogen-bond acceptors (Lipinski definition) is 8. The summed E-state index contributed by atoms with van der Waals surface area (Å²) in [6.07, 6.45) is 0. The zero-order valence-electron chi connectivity index (χ0n) is 19.0. The Morgan fingerprint density at radius 1 is 1.15 bits per heavy atom. The van der Waals surface area contributed by atoms with E-state index in [4.69, 9.17) is 4.74 Å². The summed E-state index contributed by atoms with van der Waals surface area (Å²) >= 11 is 0. The highest BCUT2D eigenvalue weighted by Gasteiger charge is 2.27. The topological polar surface area (TPSA) is 117 Å². The fourth-order valence-corrected chi connectivity index (χ4v) is 5.20. The lowest BCUT2D eigenvalue weighted by Crippen LogP contribution is -2.36. The van der Waals surface area contributed by atoms with Crippen LogP contribution in [0, 0.1) is 10.1 Å². The van der Waals surface area contributed by atoms with Gasteiger partial charge in [-0.15, -0.1) is 0 Å². The summed E-state index contributed by atoms with van der Waals surface area (Å²) in [5, 5.41) is 15.6. The molecule has 33 heavy (non-hydrogen) atoms. The number of nitro groups is 1. The molecule has 1 aliphatic rings. The normalized spacial score (nSPS) is 15.0. The summed E-state index contributed by atoms with van der Waals surface area (Å²) in [5.74, 6) is 0. The fraction of sp³-hybridized carbons (Fsp3) is 0.409. The maximum absolute atomic E-state index is 13.1. The van der Waals surface area contributed by atoms with Gasteiger partial charge < -0.3 is 9.64 Å². The summed E-state index contributed by atoms with van der Waals surface area (Å²) in [6, 6.07) is 11.6. The van der Waals surface area contributed by atoms with Gasteiger partial charge in [0.2, 0.25) is 10.0 Å². The second-order valence-electron chi connectivity index (χ2n) is 7.48. The van der Waals surface area contributed by atoms with Gasteiger partial charge in [0.15, 0.2) is 0 Å². The Kier molecular flexibility index (Phi) is 8.01. The molecule has 2 aromatic rings. The third kappa shape index (κ3) is 5.67. The van der Waals surface area contributed by atoms with E-state index in [1.807, 2.05) is 24.3 Å². The van der Waals surface area contributed by atoms with Gasteiger partial charge >= 0.3 is 0 Å². The van der Waals surface area contributed by atoms with Gasteiger partial charge in [-0.1, -0.05) is 26.0 Å². The van der Waals surface area contributed by atoms with Crippen LogP contribution in [-0.2, 0) is 14.8 Å². The summed E-state index contributed by atoms with van der Waals surface area (Å²) in [5.41, 5.74) is 5.29. The van der Waals surface area contributed by atoms with Crippen LogP contribution in [0.2, 0.25) is 0 Å². The number of benzene rings is 2. The van der Waals surface area contributed by atoms with Crippen molar-refractivity contribution in [3.63, 3.8) is 0 Å². The van der Waals surface area contributed by atoms with Crippen LogP contribution in [0.15, 0.2) is 52.5 Å². The number of hydrogen-bond donors (Lipinski definition) is 1. The predicted molar refractivity (Wildman–Crippen MR) is 129 cm³/mol. The van der Waals surface area contributed by atoms with E-state index in [0.29, 0.717) is 18.9 Å². The zero-order valence-corrected chi connectivity index (χ0v) is 19.8. The van der Waals surface area contributed by atoms with E-state index in [-0.39, 0.29) is 29.4 Å². The van der Waals surface area contributed by atoms with Gasteiger partial charge in [-0.2, -0.15) is 9.41 Å². The minimum absolute atomic E-state index is 0.178. The van der Waals surface area contributed by atoms with Crippen molar-refractivity contribution in [3.8, 4) is 0 Å². The highest BCUT2D eigenvalue weighted by atomic mass is 32.2. The molecule has 1 fully saturated rings. The molecule has 1 N–H and O–H groups in total.